The summed E-state index contributed by atoms with van der Waals surface area (Å²) in [6.07, 6.45) is 0. The van der Waals surface area contributed by atoms with Crippen molar-refractivity contribution < 1.29 is 24.0 Å². The summed E-state index contributed by atoms with van der Waals surface area (Å²) in [5.74, 6) is -2.03. The van der Waals surface area contributed by atoms with E-state index in [0.717, 1.165) is 22.8 Å². The Morgan fingerprint density at radius 2 is 1.84 bits per heavy atom. The van der Waals surface area contributed by atoms with Gasteiger partial charge in [-0.05, 0) is 49.6 Å². The van der Waals surface area contributed by atoms with E-state index in [1.807, 2.05) is 39.0 Å². The standard InChI is InChI=1S/C21H22ClN3O6/c1-12-4-5-15(8-13(12)2)14(3)24-19(26)11-31-20(27)10-23-21(28)16-6-7-17(22)18(9-16)25(29)30/h4-9,14H,10-11H2,1-3H3,(H,23,28)(H,24,26). The van der Waals surface area contributed by atoms with Gasteiger partial charge in [0.05, 0.1) is 11.0 Å². The Labute approximate surface area is 183 Å². The van der Waals surface area contributed by atoms with Crippen molar-refractivity contribution in [3.63, 3.8) is 0 Å². The van der Waals surface area contributed by atoms with E-state index in [4.69, 9.17) is 16.3 Å². The van der Waals surface area contributed by atoms with Gasteiger partial charge < -0.3 is 15.4 Å². The fourth-order valence-corrected chi connectivity index (χ4v) is 2.83. The average molecular weight is 448 g/mol. The Morgan fingerprint density at radius 1 is 1.13 bits per heavy atom. The van der Waals surface area contributed by atoms with Crippen LogP contribution in [0, 0.1) is 24.0 Å². The van der Waals surface area contributed by atoms with Gasteiger partial charge in [-0.15, -0.1) is 0 Å². The van der Waals surface area contributed by atoms with Crippen LogP contribution in [0.4, 0.5) is 5.69 Å². The summed E-state index contributed by atoms with van der Waals surface area (Å²) in [4.78, 5) is 46.1. The third-order valence-electron chi connectivity index (χ3n) is 4.57. The number of rotatable bonds is 8. The van der Waals surface area contributed by atoms with E-state index in [0.29, 0.717) is 0 Å². The Balaban J connectivity index is 1.80. The number of carbonyl (C=O) groups excluding carboxylic acids is 3. The smallest absolute Gasteiger partial charge is 0.325 e. The molecule has 2 amide bonds. The number of carbonyl (C=O) groups is 3. The van der Waals surface area contributed by atoms with Gasteiger partial charge in [-0.25, -0.2) is 0 Å². The molecule has 31 heavy (non-hydrogen) atoms. The second kappa shape index (κ2) is 10.5. The largest absolute Gasteiger partial charge is 0.454 e. The summed E-state index contributed by atoms with van der Waals surface area (Å²) in [6.45, 7) is 4.78. The zero-order valence-corrected chi connectivity index (χ0v) is 18.0. The topological polar surface area (TPSA) is 128 Å². The van der Waals surface area contributed by atoms with Crippen molar-refractivity contribution in [1.29, 1.82) is 0 Å². The lowest BCUT2D eigenvalue weighted by Gasteiger charge is -2.16. The highest BCUT2D eigenvalue weighted by atomic mass is 35.5. The van der Waals surface area contributed by atoms with Crippen molar-refractivity contribution in [2.45, 2.75) is 26.8 Å². The molecular formula is C21H22ClN3O6. The molecule has 2 rings (SSSR count). The van der Waals surface area contributed by atoms with Crippen LogP contribution in [0.5, 0.6) is 0 Å². The fraction of sp³-hybridized carbons (Fsp3) is 0.286. The van der Waals surface area contributed by atoms with Crippen molar-refractivity contribution in [2.75, 3.05) is 13.2 Å². The van der Waals surface area contributed by atoms with Gasteiger partial charge in [0.25, 0.3) is 17.5 Å². The van der Waals surface area contributed by atoms with Crippen LogP contribution in [0.25, 0.3) is 0 Å². The molecule has 1 unspecified atom stereocenters. The highest BCUT2D eigenvalue weighted by Crippen LogP contribution is 2.25. The van der Waals surface area contributed by atoms with Gasteiger partial charge in [0, 0.05) is 11.6 Å². The Bertz CT molecular complexity index is 1020. The summed E-state index contributed by atoms with van der Waals surface area (Å²) in [7, 11) is 0. The van der Waals surface area contributed by atoms with Crippen LogP contribution < -0.4 is 10.6 Å². The van der Waals surface area contributed by atoms with E-state index < -0.39 is 41.5 Å². The maximum atomic E-state index is 12.1. The second-order valence-electron chi connectivity index (χ2n) is 6.90. The molecule has 9 nitrogen and oxygen atoms in total. The SMILES string of the molecule is Cc1ccc(C(C)NC(=O)COC(=O)CNC(=O)c2ccc(Cl)c([N+](=O)[O-])c2)cc1C. The van der Waals surface area contributed by atoms with Gasteiger partial charge in [0.1, 0.15) is 11.6 Å². The minimum Gasteiger partial charge on any atom is -0.454 e. The number of ether oxygens (including phenoxy) is 1. The summed E-state index contributed by atoms with van der Waals surface area (Å²) < 4.78 is 4.86. The Hall–Kier alpha value is -3.46. The first-order valence-electron chi connectivity index (χ1n) is 9.32. The van der Waals surface area contributed by atoms with E-state index in [2.05, 4.69) is 10.6 Å². The molecule has 0 heterocycles. The number of nitro benzene ring substituents is 1. The highest BCUT2D eigenvalue weighted by molar-refractivity contribution is 6.32. The van der Waals surface area contributed by atoms with Crippen molar-refractivity contribution in [3.8, 4) is 0 Å². The summed E-state index contributed by atoms with van der Waals surface area (Å²) >= 11 is 5.70. The third-order valence-corrected chi connectivity index (χ3v) is 4.89. The lowest BCUT2D eigenvalue weighted by atomic mass is 10.0. The fourth-order valence-electron chi connectivity index (χ4n) is 2.65. The number of amides is 2. The number of nitrogens with zero attached hydrogens (tertiary/aromatic N) is 1. The molecule has 0 bridgehead atoms. The van der Waals surface area contributed by atoms with Gasteiger partial charge >= 0.3 is 5.97 Å². The molecule has 0 radical (unpaired) electrons. The minimum absolute atomic E-state index is 0.0381. The van der Waals surface area contributed by atoms with Crippen LogP contribution in [-0.4, -0.2) is 35.9 Å². The van der Waals surface area contributed by atoms with E-state index in [1.165, 1.54) is 12.1 Å². The molecule has 0 aliphatic rings. The highest BCUT2D eigenvalue weighted by Gasteiger charge is 2.17. The Kier molecular flexibility index (Phi) is 8.09. The van der Waals surface area contributed by atoms with Gasteiger partial charge in [0.2, 0.25) is 0 Å². The van der Waals surface area contributed by atoms with E-state index in [1.54, 1.807) is 0 Å². The number of hydrogen-bond acceptors (Lipinski definition) is 6. The molecular weight excluding hydrogens is 426 g/mol. The lowest BCUT2D eigenvalue weighted by Crippen LogP contribution is -2.34. The van der Waals surface area contributed by atoms with Gasteiger partial charge in [0.15, 0.2) is 6.61 Å². The average Bonchev–Trinajstić information content (AvgIpc) is 2.72. The van der Waals surface area contributed by atoms with Crippen molar-refractivity contribution in [1.82, 2.24) is 10.6 Å². The lowest BCUT2D eigenvalue weighted by molar-refractivity contribution is -0.384. The first-order valence-corrected chi connectivity index (χ1v) is 9.70. The predicted molar refractivity (Wildman–Crippen MR) is 114 cm³/mol. The van der Waals surface area contributed by atoms with E-state index in [9.17, 15) is 24.5 Å². The number of aryl methyl sites for hydroxylation is 2. The van der Waals surface area contributed by atoms with Crippen LogP contribution in [0.2, 0.25) is 5.02 Å². The molecule has 0 fully saturated rings. The zero-order valence-electron chi connectivity index (χ0n) is 17.2. The quantitative estimate of drug-likeness (QED) is 0.363. The molecule has 164 valence electrons. The molecule has 0 saturated carbocycles. The van der Waals surface area contributed by atoms with Crippen LogP contribution in [0.3, 0.4) is 0 Å². The third kappa shape index (κ3) is 6.78. The number of halogens is 1. The van der Waals surface area contributed by atoms with E-state index >= 15 is 0 Å². The number of nitro groups is 1. The first kappa shape index (κ1) is 23.8. The molecule has 2 aromatic carbocycles. The van der Waals surface area contributed by atoms with Gasteiger partial charge in [-0.1, -0.05) is 29.8 Å². The van der Waals surface area contributed by atoms with Crippen LogP contribution in [-0.2, 0) is 14.3 Å². The molecule has 0 aliphatic carbocycles. The molecule has 0 aliphatic heterocycles. The minimum atomic E-state index is -0.828. The summed E-state index contributed by atoms with van der Waals surface area (Å²) in [6, 6.07) is 9.09. The van der Waals surface area contributed by atoms with E-state index in [-0.39, 0.29) is 16.6 Å². The molecule has 10 heteroatoms. The maximum absolute atomic E-state index is 12.1. The molecule has 0 spiro atoms. The monoisotopic (exact) mass is 447 g/mol. The van der Waals surface area contributed by atoms with Crippen molar-refractivity contribution in [3.05, 3.63) is 73.8 Å². The summed E-state index contributed by atoms with van der Waals surface area (Å²) in [5.41, 5.74) is 2.71. The van der Waals surface area contributed by atoms with Gasteiger partial charge in [-0.3, -0.25) is 24.5 Å². The maximum Gasteiger partial charge on any atom is 0.325 e. The second-order valence-corrected chi connectivity index (χ2v) is 7.31. The van der Waals surface area contributed by atoms with Crippen LogP contribution in [0.15, 0.2) is 36.4 Å². The van der Waals surface area contributed by atoms with Gasteiger partial charge in [-0.2, -0.15) is 0 Å². The predicted octanol–water partition coefficient (Wildman–Crippen LogP) is 3.02. The number of hydrogen-bond donors (Lipinski definition) is 2. The Morgan fingerprint density at radius 3 is 2.48 bits per heavy atom. The molecule has 1 atom stereocenters. The molecule has 2 aromatic rings. The normalized spacial score (nSPS) is 11.4. The van der Waals surface area contributed by atoms with Crippen LogP contribution >= 0.6 is 11.6 Å². The number of esters is 1. The molecule has 0 aromatic heterocycles. The van der Waals surface area contributed by atoms with Crippen molar-refractivity contribution >= 4 is 35.1 Å². The molecule has 2 N–H and O–H groups in total. The number of benzene rings is 2. The van der Waals surface area contributed by atoms with Crippen molar-refractivity contribution in [2.24, 2.45) is 0 Å². The molecule has 0 saturated heterocycles. The zero-order chi connectivity index (χ0) is 23.1. The summed E-state index contributed by atoms with van der Waals surface area (Å²) in [5, 5.41) is 15.8. The number of nitrogens with one attached hydrogen (secondary N) is 2. The van der Waals surface area contributed by atoms with Crippen LogP contribution in [0.1, 0.15) is 40.0 Å². The first-order chi connectivity index (χ1) is 14.6.